The van der Waals surface area contributed by atoms with Gasteiger partial charge in [0.05, 0.1) is 5.75 Å². The Bertz CT molecular complexity index is 332. The number of piperidine rings is 1. The van der Waals surface area contributed by atoms with Gasteiger partial charge in [0.1, 0.15) is 0 Å². The molecule has 17 heavy (non-hydrogen) atoms. The summed E-state index contributed by atoms with van der Waals surface area (Å²) in [5, 5.41) is 3.37. The summed E-state index contributed by atoms with van der Waals surface area (Å²) in [5.41, 5.74) is 0. The maximum atomic E-state index is 11.3. The number of hydrogen-bond acceptors (Lipinski definition) is 4. The normalized spacial score (nSPS) is 31.6. The van der Waals surface area contributed by atoms with Crippen molar-refractivity contribution in [3.05, 3.63) is 0 Å². The lowest BCUT2D eigenvalue weighted by Gasteiger charge is -2.40. The molecule has 1 saturated heterocycles. The van der Waals surface area contributed by atoms with Gasteiger partial charge in [0.2, 0.25) is 10.0 Å². The Balaban J connectivity index is 2.37. The molecule has 0 amide bonds. The third-order valence-corrected chi connectivity index (χ3v) is 5.06. The lowest BCUT2D eigenvalue weighted by atomic mass is 9.90. The summed E-state index contributed by atoms with van der Waals surface area (Å²) < 4.78 is 24.9. The lowest BCUT2D eigenvalue weighted by Crippen LogP contribution is -2.51. The van der Waals surface area contributed by atoms with Gasteiger partial charge in [-0.25, -0.2) is 13.1 Å². The Morgan fingerprint density at radius 3 is 2.59 bits per heavy atom. The minimum atomic E-state index is -3.09. The van der Waals surface area contributed by atoms with E-state index >= 15 is 0 Å². The van der Waals surface area contributed by atoms with Gasteiger partial charge in [-0.1, -0.05) is 6.92 Å². The van der Waals surface area contributed by atoms with Crippen LogP contribution in [0.3, 0.4) is 0 Å². The summed E-state index contributed by atoms with van der Waals surface area (Å²) in [4.78, 5) is 2.35. The first kappa shape index (κ1) is 14.9. The van der Waals surface area contributed by atoms with Crippen LogP contribution in [0.5, 0.6) is 0 Å². The van der Waals surface area contributed by atoms with Crippen molar-refractivity contribution in [2.45, 2.75) is 32.4 Å². The summed E-state index contributed by atoms with van der Waals surface area (Å²) >= 11 is 0. The first-order valence-corrected chi connectivity index (χ1v) is 7.86. The lowest BCUT2D eigenvalue weighted by molar-refractivity contribution is 0.123. The molecule has 0 saturated carbocycles. The fourth-order valence-electron chi connectivity index (χ4n) is 2.31. The molecule has 3 unspecified atom stereocenters. The maximum Gasteiger partial charge on any atom is 0.212 e. The molecular formula is C11H25N3O2S. The SMILES string of the molecule is CNS(=O)(=O)CCNC1CC(C)N(C)CC1C. The standard InChI is InChI=1S/C11H25N3O2S/c1-9-8-14(4)10(2)7-11(9)13-5-6-17(15,16)12-3/h9-13H,5-8H2,1-4H3. The van der Waals surface area contributed by atoms with Gasteiger partial charge < -0.3 is 10.2 Å². The van der Waals surface area contributed by atoms with Gasteiger partial charge in [-0.2, -0.15) is 0 Å². The van der Waals surface area contributed by atoms with Gasteiger partial charge in [0.25, 0.3) is 0 Å². The molecule has 1 rings (SSSR count). The third kappa shape index (κ3) is 4.54. The average molecular weight is 263 g/mol. The second kappa shape index (κ2) is 6.13. The van der Waals surface area contributed by atoms with Gasteiger partial charge in [0, 0.05) is 25.2 Å². The highest BCUT2D eigenvalue weighted by molar-refractivity contribution is 7.89. The molecule has 2 N–H and O–H groups in total. The molecule has 6 heteroatoms. The monoisotopic (exact) mass is 263 g/mol. The van der Waals surface area contributed by atoms with E-state index in [2.05, 4.69) is 35.8 Å². The molecule has 0 aromatic carbocycles. The van der Waals surface area contributed by atoms with E-state index in [0.717, 1.165) is 13.0 Å². The van der Waals surface area contributed by atoms with Gasteiger partial charge in [-0.3, -0.25) is 0 Å². The van der Waals surface area contributed by atoms with E-state index < -0.39 is 10.0 Å². The second-order valence-electron chi connectivity index (χ2n) is 5.09. The third-order valence-electron chi connectivity index (χ3n) is 3.70. The smallest absolute Gasteiger partial charge is 0.212 e. The van der Waals surface area contributed by atoms with E-state index in [1.807, 2.05) is 0 Å². The summed E-state index contributed by atoms with van der Waals surface area (Å²) in [7, 11) is 0.511. The highest BCUT2D eigenvalue weighted by Gasteiger charge is 2.28. The van der Waals surface area contributed by atoms with Crippen molar-refractivity contribution in [1.29, 1.82) is 0 Å². The molecule has 1 aliphatic heterocycles. The van der Waals surface area contributed by atoms with Crippen LogP contribution in [0.15, 0.2) is 0 Å². The van der Waals surface area contributed by atoms with Crippen molar-refractivity contribution in [1.82, 2.24) is 14.9 Å². The molecule has 0 aromatic heterocycles. The largest absolute Gasteiger partial charge is 0.313 e. The zero-order valence-electron chi connectivity index (χ0n) is 11.2. The van der Waals surface area contributed by atoms with Crippen LogP contribution >= 0.6 is 0 Å². The summed E-state index contributed by atoms with van der Waals surface area (Å²) in [6.07, 6.45) is 1.08. The Kier molecular flexibility index (Phi) is 5.37. The van der Waals surface area contributed by atoms with Gasteiger partial charge in [-0.05, 0) is 33.4 Å². The van der Waals surface area contributed by atoms with Crippen LogP contribution in [0, 0.1) is 5.92 Å². The Hall–Kier alpha value is -0.170. The fraction of sp³-hybridized carbons (Fsp3) is 1.00. The van der Waals surface area contributed by atoms with Gasteiger partial charge in [0.15, 0.2) is 0 Å². The molecule has 0 aromatic rings. The zero-order valence-corrected chi connectivity index (χ0v) is 12.0. The minimum Gasteiger partial charge on any atom is -0.313 e. The van der Waals surface area contributed by atoms with E-state index in [0.29, 0.717) is 24.5 Å². The number of sulfonamides is 1. The molecule has 0 spiro atoms. The molecule has 5 nitrogen and oxygen atoms in total. The predicted molar refractivity (Wildman–Crippen MR) is 70.5 cm³/mol. The van der Waals surface area contributed by atoms with Crippen molar-refractivity contribution in [3.63, 3.8) is 0 Å². The Morgan fingerprint density at radius 1 is 1.35 bits per heavy atom. The van der Waals surface area contributed by atoms with Crippen LogP contribution in [-0.4, -0.2) is 58.3 Å². The zero-order chi connectivity index (χ0) is 13.1. The Labute approximate surface area is 105 Å². The summed E-state index contributed by atoms with van der Waals surface area (Å²) in [6.45, 7) is 6.02. The van der Waals surface area contributed by atoms with E-state index in [9.17, 15) is 8.42 Å². The predicted octanol–water partition coefficient (Wildman–Crippen LogP) is -0.146. The molecule has 1 aliphatic rings. The fourth-order valence-corrected chi connectivity index (χ4v) is 2.90. The van der Waals surface area contributed by atoms with Crippen molar-refractivity contribution in [2.24, 2.45) is 5.92 Å². The van der Waals surface area contributed by atoms with Crippen LogP contribution in [0.2, 0.25) is 0 Å². The topological polar surface area (TPSA) is 61.4 Å². The summed E-state index contributed by atoms with van der Waals surface area (Å²) in [6, 6.07) is 0.984. The van der Waals surface area contributed by atoms with Crippen LogP contribution < -0.4 is 10.0 Å². The van der Waals surface area contributed by atoms with E-state index in [1.54, 1.807) is 0 Å². The molecular weight excluding hydrogens is 238 g/mol. The average Bonchev–Trinajstić information content (AvgIpc) is 2.25. The molecule has 0 bridgehead atoms. The number of nitrogens with one attached hydrogen (secondary N) is 2. The molecule has 1 heterocycles. The van der Waals surface area contributed by atoms with Gasteiger partial charge in [-0.15, -0.1) is 0 Å². The molecule has 102 valence electrons. The van der Waals surface area contributed by atoms with Crippen molar-refractivity contribution in [2.75, 3.05) is 32.9 Å². The number of nitrogens with zero attached hydrogens (tertiary/aromatic N) is 1. The number of rotatable bonds is 5. The number of likely N-dealkylation sites (tertiary alicyclic amines) is 1. The van der Waals surface area contributed by atoms with Crippen LogP contribution in [0.1, 0.15) is 20.3 Å². The second-order valence-corrected chi connectivity index (χ2v) is 7.13. The molecule has 1 fully saturated rings. The van der Waals surface area contributed by atoms with Crippen molar-refractivity contribution >= 4 is 10.0 Å². The first-order chi connectivity index (χ1) is 7.85. The molecule has 0 aliphatic carbocycles. The van der Waals surface area contributed by atoms with E-state index in [4.69, 9.17) is 0 Å². The molecule has 0 radical (unpaired) electrons. The van der Waals surface area contributed by atoms with Crippen molar-refractivity contribution < 1.29 is 8.42 Å². The van der Waals surface area contributed by atoms with Crippen molar-refractivity contribution in [3.8, 4) is 0 Å². The van der Waals surface area contributed by atoms with Crippen LogP contribution in [-0.2, 0) is 10.0 Å². The highest BCUT2D eigenvalue weighted by Crippen LogP contribution is 2.20. The number of hydrogen-bond donors (Lipinski definition) is 2. The van der Waals surface area contributed by atoms with Crippen LogP contribution in [0.4, 0.5) is 0 Å². The Morgan fingerprint density at radius 2 is 2.00 bits per heavy atom. The maximum absolute atomic E-state index is 11.3. The summed E-state index contributed by atoms with van der Waals surface area (Å²) in [5.74, 6) is 0.713. The quantitative estimate of drug-likeness (QED) is 0.724. The van der Waals surface area contributed by atoms with E-state index in [-0.39, 0.29) is 5.75 Å². The minimum absolute atomic E-state index is 0.150. The van der Waals surface area contributed by atoms with Gasteiger partial charge >= 0.3 is 0 Å². The molecule has 3 atom stereocenters. The highest BCUT2D eigenvalue weighted by atomic mass is 32.2. The van der Waals surface area contributed by atoms with E-state index in [1.165, 1.54) is 7.05 Å². The first-order valence-electron chi connectivity index (χ1n) is 6.20. The van der Waals surface area contributed by atoms with Crippen LogP contribution in [0.25, 0.3) is 0 Å².